The topological polar surface area (TPSA) is 95.5 Å². The van der Waals surface area contributed by atoms with Crippen molar-refractivity contribution in [2.75, 3.05) is 11.9 Å². The number of carbonyl (C=O) groups excluding carboxylic acids is 1. The molecule has 1 unspecified atom stereocenters. The number of amides is 1. The molecule has 2 rings (SSSR count). The van der Waals surface area contributed by atoms with Crippen molar-refractivity contribution in [2.45, 2.75) is 17.9 Å². The van der Waals surface area contributed by atoms with E-state index < -0.39 is 62.3 Å². The minimum Gasteiger partial charge on any atom is -0.395 e. The standard InChI is InChI=1S/C16H14F4N2O4S/c1-8(7-23)22-27(25,26)13-5-4-11(18)14(15(13)20)16(24)21-9-2-3-10(17)12(19)6-9/h2-6,8,22-23H,7H2,1H3,(H,21,24). The molecule has 1 atom stereocenters. The van der Waals surface area contributed by atoms with E-state index in [4.69, 9.17) is 5.11 Å². The summed E-state index contributed by atoms with van der Waals surface area (Å²) in [4.78, 5) is 11.1. The molecule has 27 heavy (non-hydrogen) atoms. The molecule has 0 fully saturated rings. The monoisotopic (exact) mass is 406 g/mol. The minimum absolute atomic E-state index is 0.294. The molecular weight excluding hydrogens is 392 g/mol. The van der Waals surface area contributed by atoms with Gasteiger partial charge in [-0.15, -0.1) is 0 Å². The van der Waals surface area contributed by atoms with Gasteiger partial charge in [0.2, 0.25) is 10.0 Å². The van der Waals surface area contributed by atoms with Gasteiger partial charge in [0.15, 0.2) is 17.5 Å². The van der Waals surface area contributed by atoms with E-state index in [0.29, 0.717) is 24.3 Å². The molecule has 0 aliphatic carbocycles. The number of rotatable bonds is 6. The normalized spacial score (nSPS) is 12.7. The molecule has 146 valence electrons. The Morgan fingerprint density at radius 1 is 1.07 bits per heavy atom. The Morgan fingerprint density at radius 3 is 2.30 bits per heavy atom. The molecule has 11 heteroatoms. The Bertz CT molecular complexity index is 983. The molecule has 2 aromatic carbocycles. The lowest BCUT2D eigenvalue weighted by molar-refractivity contribution is 0.101. The number of carbonyl (C=O) groups is 1. The van der Waals surface area contributed by atoms with Crippen LogP contribution in [0.3, 0.4) is 0 Å². The van der Waals surface area contributed by atoms with Gasteiger partial charge >= 0.3 is 0 Å². The molecule has 0 aliphatic heterocycles. The summed E-state index contributed by atoms with van der Waals surface area (Å²) in [6.07, 6.45) is 0. The molecule has 0 aromatic heterocycles. The van der Waals surface area contributed by atoms with Gasteiger partial charge in [0.1, 0.15) is 16.3 Å². The van der Waals surface area contributed by atoms with Gasteiger partial charge in [-0.05, 0) is 31.2 Å². The summed E-state index contributed by atoms with van der Waals surface area (Å²) in [5.74, 6) is -6.92. The summed E-state index contributed by atoms with van der Waals surface area (Å²) in [7, 11) is -4.50. The maximum atomic E-state index is 14.6. The average molecular weight is 406 g/mol. The van der Waals surface area contributed by atoms with Crippen molar-refractivity contribution in [1.82, 2.24) is 4.72 Å². The Balaban J connectivity index is 2.42. The Morgan fingerprint density at radius 2 is 1.70 bits per heavy atom. The van der Waals surface area contributed by atoms with Crippen molar-refractivity contribution in [3.8, 4) is 0 Å². The first-order valence-electron chi connectivity index (χ1n) is 7.44. The van der Waals surface area contributed by atoms with Crippen LogP contribution in [0.1, 0.15) is 17.3 Å². The highest BCUT2D eigenvalue weighted by Crippen LogP contribution is 2.23. The van der Waals surface area contributed by atoms with Crippen molar-refractivity contribution in [1.29, 1.82) is 0 Å². The molecule has 0 heterocycles. The fourth-order valence-electron chi connectivity index (χ4n) is 2.08. The summed E-state index contributed by atoms with van der Waals surface area (Å²) in [5, 5.41) is 10.9. The summed E-state index contributed by atoms with van der Waals surface area (Å²) >= 11 is 0. The van der Waals surface area contributed by atoms with Crippen LogP contribution in [0.2, 0.25) is 0 Å². The molecule has 0 saturated carbocycles. The van der Waals surface area contributed by atoms with Crippen molar-refractivity contribution >= 4 is 21.6 Å². The maximum Gasteiger partial charge on any atom is 0.261 e. The highest BCUT2D eigenvalue weighted by atomic mass is 32.2. The van der Waals surface area contributed by atoms with Crippen LogP contribution in [0.4, 0.5) is 23.2 Å². The van der Waals surface area contributed by atoms with Gasteiger partial charge in [-0.3, -0.25) is 4.79 Å². The number of aliphatic hydroxyl groups excluding tert-OH is 1. The highest BCUT2D eigenvalue weighted by molar-refractivity contribution is 7.89. The maximum absolute atomic E-state index is 14.6. The van der Waals surface area contributed by atoms with Gasteiger partial charge < -0.3 is 10.4 Å². The molecule has 0 saturated heterocycles. The van der Waals surface area contributed by atoms with Crippen LogP contribution < -0.4 is 10.0 Å². The lowest BCUT2D eigenvalue weighted by atomic mass is 10.1. The molecule has 0 bridgehead atoms. The first kappa shape index (κ1) is 20.8. The zero-order valence-electron chi connectivity index (χ0n) is 13.8. The molecule has 0 aliphatic rings. The van der Waals surface area contributed by atoms with Crippen LogP contribution in [0.15, 0.2) is 35.2 Å². The quantitative estimate of drug-likeness (QED) is 0.641. The fraction of sp³-hybridized carbons (Fsp3) is 0.188. The molecular formula is C16H14F4N2O4S. The third-order valence-electron chi connectivity index (χ3n) is 3.38. The number of aliphatic hydroxyl groups is 1. The van der Waals surface area contributed by atoms with E-state index >= 15 is 0 Å². The third kappa shape index (κ3) is 4.62. The second-order valence-corrected chi connectivity index (χ2v) is 7.20. The van der Waals surface area contributed by atoms with Crippen LogP contribution in [-0.4, -0.2) is 32.1 Å². The fourth-order valence-corrected chi connectivity index (χ4v) is 3.40. The first-order chi connectivity index (χ1) is 12.6. The second-order valence-electron chi connectivity index (χ2n) is 5.52. The number of nitrogens with one attached hydrogen (secondary N) is 2. The third-order valence-corrected chi connectivity index (χ3v) is 4.99. The van der Waals surface area contributed by atoms with E-state index in [1.165, 1.54) is 6.92 Å². The van der Waals surface area contributed by atoms with E-state index in [-0.39, 0.29) is 5.69 Å². The lowest BCUT2D eigenvalue weighted by Crippen LogP contribution is -2.35. The molecule has 0 radical (unpaired) electrons. The van der Waals surface area contributed by atoms with Gasteiger partial charge in [-0.2, -0.15) is 0 Å². The molecule has 3 N–H and O–H groups in total. The van der Waals surface area contributed by atoms with Gasteiger partial charge in [0, 0.05) is 17.8 Å². The summed E-state index contributed by atoms with van der Waals surface area (Å²) < 4.78 is 80.8. The van der Waals surface area contributed by atoms with Crippen LogP contribution in [0.25, 0.3) is 0 Å². The van der Waals surface area contributed by atoms with Crippen molar-refractivity contribution < 1.29 is 35.9 Å². The molecule has 0 spiro atoms. The van der Waals surface area contributed by atoms with Gasteiger partial charge in [0.05, 0.1) is 6.61 Å². The van der Waals surface area contributed by atoms with E-state index in [2.05, 4.69) is 0 Å². The van der Waals surface area contributed by atoms with E-state index in [1.54, 1.807) is 0 Å². The molecule has 1 amide bonds. The number of hydrogen-bond donors (Lipinski definition) is 3. The van der Waals surface area contributed by atoms with Crippen molar-refractivity contribution in [2.24, 2.45) is 0 Å². The minimum atomic E-state index is -4.50. The van der Waals surface area contributed by atoms with E-state index in [9.17, 15) is 30.8 Å². The van der Waals surface area contributed by atoms with Gasteiger partial charge in [-0.1, -0.05) is 0 Å². The number of anilines is 1. The number of halogens is 4. The average Bonchev–Trinajstić information content (AvgIpc) is 2.57. The number of benzene rings is 2. The van der Waals surface area contributed by atoms with Crippen LogP contribution >= 0.6 is 0 Å². The Hall–Kier alpha value is -2.50. The smallest absolute Gasteiger partial charge is 0.261 e. The SMILES string of the molecule is CC(CO)NS(=O)(=O)c1ccc(F)c(C(=O)Nc2ccc(F)c(F)c2)c1F. The van der Waals surface area contributed by atoms with Crippen LogP contribution in [0.5, 0.6) is 0 Å². The summed E-state index contributed by atoms with van der Waals surface area (Å²) in [6, 6.07) is 2.47. The van der Waals surface area contributed by atoms with Gasteiger partial charge in [-0.25, -0.2) is 30.7 Å². The number of hydrogen-bond acceptors (Lipinski definition) is 4. The summed E-state index contributed by atoms with van der Waals surface area (Å²) in [5.41, 5.74) is -1.52. The predicted octanol–water partition coefficient (Wildman–Crippen LogP) is 2.15. The molecule has 6 nitrogen and oxygen atoms in total. The number of sulfonamides is 1. The second kappa shape index (κ2) is 8.03. The van der Waals surface area contributed by atoms with Crippen LogP contribution in [0, 0.1) is 23.3 Å². The van der Waals surface area contributed by atoms with Crippen molar-refractivity contribution in [3.63, 3.8) is 0 Å². The Kier molecular flexibility index (Phi) is 6.19. The molecule has 2 aromatic rings. The lowest BCUT2D eigenvalue weighted by Gasteiger charge is -2.14. The van der Waals surface area contributed by atoms with Crippen LogP contribution in [-0.2, 0) is 10.0 Å². The zero-order chi connectivity index (χ0) is 20.4. The van der Waals surface area contributed by atoms with Crippen molar-refractivity contribution in [3.05, 3.63) is 59.2 Å². The zero-order valence-corrected chi connectivity index (χ0v) is 14.6. The highest BCUT2D eigenvalue weighted by Gasteiger charge is 2.28. The van der Waals surface area contributed by atoms with E-state index in [0.717, 1.165) is 6.07 Å². The van der Waals surface area contributed by atoms with Gasteiger partial charge in [0.25, 0.3) is 5.91 Å². The first-order valence-corrected chi connectivity index (χ1v) is 8.92. The predicted molar refractivity (Wildman–Crippen MR) is 87.5 cm³/mol. The largest absolute Gasteiger partial charge is 0.395 e. The van der Waals surface area contributed by atoms with E-state index in [1.807, 2.05) is 10.0 Å². The Labute approximate surface area is 151 Å². The summed E-state index contributed by atoms with van der Waals surface area (Å²) in [6.45, 7) is 0.723.